The number of hydrogen-bond donors (Lipinski definition) is 4. The van der Waals surface area contributed by atoms with E-state index in [1.807, 2.05) is 35.3 Å². The Hall–Kier alpha value is -3.23. The molecular formula is C13H14N6O3. The van der Waals surface area contributed by atoms with Crippen LogP contribution in [0.1, 0.15) is 12.5 Å². The lowest BCUT2D eigenvalue weighted by Gasteiger charge is -2.11. The second-order valence-corrected chi connectivity index (χ2v) is 4.37. The van der Waals surface area contributed by atoms with Gasteiger partial charge in [-0.15, -0.1) is 5.10 Å². The quantitative estimate of drug-likeness (QED) is 0.433. The van der Waals surface area contributed by atoms with Crippen LogP contribution in [0.2, 0.25) is 0 Å². The molecule has 0 aliphatic heterocycles. The van der Waals surface area contributed by atoms with Crippen molar-refractivity contribution in [3.05, 3.63) is 56.7 Å². The van der Waals surface area contributed by atoms with Gasteiger partial charge in [0.05, 0.1) is 6.21 Å². The van der Waals surface area contributed by atoms with Crippen molar-refractivity contribution in [2.75, 3.05) is 5.32 Å². The zero-order valence-electron chi connectivity index (χ0n) is 11.7. The first-order chi connectivity index (χ1) is 10.6. The lowest BCUT2D eigenvalue weighted by Crippen LogP contribution is -2.38. The van der Waals surface area contributed by atoms with Gasteiger partial charge < -0.3 is 5.32 Å². The zero-order valence-corrected chi connectivity index (χ0v) is 11.7. The summed E-state index contributed by atoms with van der Waals surface area (Å²) in [6.07, 6.45) is 1.50. The van der Waals surface area contributed by atoms with Gasteiger partial charge in [-0.05, 0) is 12.5 Å². The largest absolute Gasteiger partial charge is 0.353 e. The molecule has 1 amide bonds. The van der Waals surface area contributed by atoms with Gasteiger partial charge in [-0.1, -0.05) is 30.3 Å². The number of amides is 1. The summed E-state index contributed by atoms with van der Waals surface area (Å²) >= 11 is 0. The van der Waals surface area contributed by atoms with E-state index < -0.39 is 23.2 Å². The summed E-state index contributed by atoms with van der Waals surface area (Å²) in [7, 11) is 0. The van der Waals surface area contributed by atoms with E-state index >= 15 is 0 Å². The van der Waals surface area contributed by atoms with Gasteiger partial charge >= 0.3 is 5.69 Å². The van der Waals surface area contributed by atoms with Crippen LogP contribution in [0.5, 0.6) is 0 Å². The van der Waals surface area contributed by atoms with Crippen LogP contribution >= 0.6 is 0 Å². The van der Waals surface area contributed by atoms with Crippen LogP contribution in [0.3, 0.4) is 0 Å². The summed E-state index contributed by atoms with van der Waals surface area (Å²) in [4.78, 5) is 36.1. The molecule has 0 radical (unpaired) electrons. The molecule has 2 aromatic rings. The summed E-state index contributed by atoms with van der Waals surface area (Å²) < 4.78 is 0. The lowest BCUT2D eigenvalue weighted by atomic mass is 10.2. The van der Waals surface area contributed by atoms with Crippen molar-refractivity contribution in [1.82, 2.24) is 20.6 Å². The number of hydrogen-bond acceptors (Lipinski definition) is 6. The molecule has 0 spiro atoms. The maximum atomic E-state index is 11.8. The van der Waals surface area contributed by atoms with Crippen molar-refractivity contribution < 1.29 is 4.79 Å². The van der Waals surface area contributed by atoms with Crippen molar-refractivity contribution in [1.29, 1.82) is 0 Å². The predicted molar refractivity (Wildman–Crippen MR) is 80.7 cm³/mol. The number of anilines is 1. The van der Waals surface area contributed by atoms with Crippen molar-refractivity contribution in [2.45, 2.75) is 13.0 Å². The average Bonchev–Trinajstić information content (AvgIpc) is 2.51. The minimum absolute atomic E-state index is 0.158. The van der Waals surface area contributed by atoms with Crippen LogP contribution in [0, 0.1) is 0 Å². The van der Waals surface area contributed by atoms with Crippen LogP contribution in [-0.2, 0) is 4.79 Å². The van der Waals surface area contributed by atoms with Crippen LogP contribution in [0.4, 0.5) is 5.82 Å². The van der Waals surface area contributed by atoms with Crippen LogP contribution in [-0.4, -0.2) is 33.3 Å². The molecule has 114 valence electrons. The molecule has 0 saturated carbocycles. The first-order valence-corrected chi connectivity index (χ1v) is 6.40. The molecule has 0 saturated heterocycles. The van der Waals surface area contributed by atoms with Gasteiger partial charge in [0.25, 0.3) is 11.5 Å². The number of carbonyl (C=O) groups is 1. The Labute approximate surface area is 124 Å². The number of nitrogens with zero attached hydrogens (tertiary/aromatic N) is 2. The maximum absolute atomic E-state index is 11.8. The highest BCUT2D eigenvalue weighted by molar-refractivity contribution is 5.86. The van der Waals surface area contributed by atoms with Gasteiger partial charge in [0, 0.05) is 0 Å². The Kier molecular flexibility index (Phi) is 4.81. The number of carbonyl (C=O) groups excluding carboxylic acids is 1. The molecule has 0 aliphatic carbocycles. The average molecular weight is 302 g/mol. The SMILES string of the molecule is C[C@@H](Nc1n[nH]c(=O)[nH]c1=O)C(=O)N/N=C\c1ccccc1. The smallest absolute Gasteiger partial charge is 0.342 e. The van der Waals surface area contributed by atoms with Crippen molar-refractivity contribution in [3.8, 4) is 0 Å². The molecule has 9 nitrogen and oxygen atoms in total. The maximum Gasteiger partial charge on any atom is 0.342 e. The van der Waals surface area contributed by atoms with Gasteiger partial charge in [-0.3, -0.25) is 14.6 Å². The lowest BCUT2D eigenvalue weighted by molar-refractivity contribution is -0.121. The molecule has 22 heavy (non-hydrogen) atoms. The van der Waals surface area contributed by atoms with E-state index in [1.165, 1.54) is 13.1 Å². The molecule has 4 N–H and O–H groups in total. The van der Waals surface area contributed by atoms with Crippen LogP contribution < -0.4 is 22.0 Å². The third-order valence-corrected chi connectivity index (χ3v) is 2.65. The number of rotatable bonds is 5. The molecule has 1 aromatic carbocycles. The molecule has 2 rings (SSSR count). The minimum Gasteiger partial charge on any atom is -0.353 e. The summed E-state index contributed by atoms with van der Waals surface area (Å²) in [5, 5.41) is 12.0. The van der Waals surface area contributed by atoms with Crippen molar-refractivity contribution >= 4 is 17.9 Å². The Morgan fingerprint density at radius 2 is 2.05 bits per heavy atom. The van der Waals surface area contributed by atoms with Gasteiger partial charge in [-0.25, -0.2) is 15.3 Å². The van der Waals surface area contributed by atoms with E-state index in [0.29, 0.717) is 0 Å². The Bertz CT molecular complexity index is 780. The number of benzene rings is 1. The number of nitrogens with one attached hydrogen (secondary N) is 4. The predicted octanol–water partition coefficient (Wildman–Crippen LogP) is -0.591. The first-order valence-electron chi connectivity index (χ1n) is 6.40. The number of H-pyrrole nitrogens is 2. The molecular weight excluding hydrogens is 288 g/mol. The van der Waals surface area contributed by atoms with E-state index in [1.54, 1.807) is 0 Å². The normalized spacial score (nSPS) is 12.0. The fraction of sp³-hybridized carbons (Fsp3) is 0.154. The number of hydrazone groups is 1. The summed E-state index contributed by atoms with van der Waals surface area (Å²) in [5.74, 6) is -0.617. The fourth-order valence-corrected chi connectivity index (χ4v) is 1.52. The van der Waals surface area contributed by atoms with Crippen LogP contribution in [0.15, 0.2) is 45.0 Å². The fourth-order valence-electron chi connectivity index (χ4n) is 1.52. The standard InChI is InChI=1S/C13H14N6O3/c1-8(15-10-12(21)16-13(22)19-17-10)11(20)18-14-7-9-5-3-2-4-6-9/h2-8H,1H3,(H,15,17)(H,18,20)(H2,16,19,21,22)/b14-7-/t8-/m1/s1. The summed E-state index contributed by atoms with van der Waals surface area (Å²) in [5.41, 5.74) is 1.74. The van der Waals surface area contributed by atoms with E-state index in [0.717, 1.165) is 5.56 Å². The molecule has 0 fully saturated rings. The van der Waals surface area contributed by atoms with Gasteiger partial charge in [0.15, 0.2) is 0 Å². The van der Waals surface area contributed by atoms with Gasteiger partial charge in [-0.2, -0.15) is 5.10 Å². The molecule has 1 heterocycles. The highest BCUT2D eigenvalue weighted by atomic mass is 16.2. The molecule has 0 aliphatic rings. The second kappa shape index (κ2) is 6.97. The van der Waals surface area contributed by atoms with E-state index in [-0.39, 0.29) is 5.82 Å². The Balaban J connectivity index is 1.93. The molecule has 0 unspecified atom stereocenters. The number of aromatic amines is 2. The minimum atomic E-state index is -0.771. The zero-order chi connectivity index (χ0) is 15.9. The number of aromatic nitrogens is 3. The third kappa shape index (κ3) is 4.13. The van der Waals surface area contributed by atoms with Crippen LogP contribution in [0.25, 0.3) is 0 Å². The second-order valence-electron chi connectivity index (χ2n) is 4.37. The molecule has 0 bridgehead atoms. The monoisotopic (exact) mass is 302 g/mol. The van der Waals surface area contributed by atoms with Gasteiger partial charge in [0.1, 0.15) is 6.04 Å². The summed E-state index contributed by atoms with van der Waals surface area (Å²) in [6.45, 7) is 1.53. The Morgan fingerprint density at radius 3 is 2.73 bits per heavy atom. The van der Waals surface area contributed by atoms with E-state index in [2.05, 4.69) is 26.0 Å². The molecule has 1 aromatic heterocycles. The third-order valence-electron chi connectivity index (χ3n) is 2.65. The van der Waals surface area contributed by atoms with Gasteiger partial charge in [0.2, 0.25) is 5.82 Å². The van der Waals surface area contributed by atoms with E-state index in [9.17, 15) is 14.4 Å². The molecule has 9 heteroatoms. The van der Waals surface area contributed by atoms with E-state index in [4.69, 9.17) is 0 Å². The highest BCUT2D eigenvalue weighted by Gasteiger charge is 2.14. The molecule has 1 atom stereocenters. The topological polar surface area (TPSA) is 132 Å². The van der Waals surface area contributed by atoms with Crippen molar-refractivity contribution in [3.63, 3.8) is 0 Å². The highest BCUT2D eigenvalue weighted by Crippen LogP contribution is 1.95. The van der Waals surface area contributed by atoms with Crippen molar-refractivity contribution in [2.24, 2.45) is 5.10 Å². The first kappa shape index (κ1) is 15.2. The Morgan fingerprint density at radius 1 is 1.32 bits per heavy atom. The summed E-state index contributed by atoms with van der Waals surface area (Å²) in [6, 6.07) is 8.47.